The fourth-order valence-electron chi connectivity index (χ4n) is 3.48. The third-order valence-corrected chi connectivity index (χ3v) is 7.10. The van der Waals surface area contributed by atoms with Crippen molar-refractivity contribution in [2.75, 3.05) is 16.2 Å². The predicted molar refractivity (Wildman–Crippen MR) is 126 cm³/mol. The number of anilines is 2. The van der Waals surface area contributed by atoms with Gasteiger partial charge in [-0.15, -0.1) is 0 Å². The van der Waals surface area contributed by atoms with Crippen molar-refractivity contribution in [1.29, 1.82) is 0 Å². The monoisotopic (exact) mass is 436 g/mol. The van der Waals surface area contributed by atoms with Gasteiger partial charge < -0.3 is 5.32 Å². The van der Waals surface area contributed by atoms with Gasteiger partial charge in [0.05, 0.1) is 11.4 Å². The van der Waals surface area contributed by atoms with Gasteiger partial charge in [-0.1, -0.05) is 74.5 Å². The fraction of sp³-hybridized carbons (Fsp3) is 0.240. The highest BCUT2D eigenvalue weighted by Crippen LogP contribution is 2.30. The molecule has 0 bridgehead atoms. The molecule has 6 heteroatoms. The molecule has 5 nitrogen and oxygen atoms in total. The highest BCUT2D eigenvalue weighted by Gasteiger charge is 2.31. The zero-order valence-electron chi connectivity index (χ0n) is 18.1. The lowest BCUT2D eigenvalue weighted by Crippen LogP contribution is -2.35. The Labute approximate surface area is 184 Å². The Morgan fingerprint density at radius 1 is 0.871 bits per heavy atom. The van der Waals surface area contributed by atoms with E-state index in [1.165, 1.54) is 10.4 Å². The van der Waals surface area contributed by atoms with E-state index in [1.54, 1.807) is 49.4 Å². The number of nitrogens with zero attached hydrogens (tertiary/aromatic N) is 1. The molecule has 0 saturated carbocycles. The van der Waals surface area contributed by atoms with Crippen LogP contribution in [0.5, 0.6) is 0 Å². The van der Waals surface area contributed by atoms with Gasteiger partial charge in [0.15, 0.2) is 0 Å². The number of para-hydroxylation sites is 2. The largest absolute Gasteiger partial charge is 0.324 e. The highest BCUT2D eigenvalue weighted by molar-refractivity contribution is 7.93. The summed E-state index contributed by atoms with van der Waals surface area (Å²) in [5, 5.41) is 2.86. The van der Waals surface area contributed by atoms with Gasteiger partial charge in [0.2, 0.25) is 5.91 Å². The van der Waals surface area contributed by atoms with Gasteiger partial charge in [-0.3, -0.25) is 9.10 Å². The van der Waals surface area contributed by atoms with Crippen LogP contribution in [0.2, 0.25) is 0 Å². The van der Waals surface area contributed by atoms with E-state index in [-0.39, 0.29) is 23.0 Å². The Morgan fingerprint density at radius 3 is 2.03 bits per heavy atom. The molecule has 0 radical (unpaired) electrons. The highest BCUT2D eigenvalue weighted by atomic mass is 32.2. The number of carbonyl (C=O) groups is 1. The first kappa shape index (κ1) is 22.6. The van der Waals surface area contributed by atoms with Gasteiger partial charge in [0.25, 0.3) is 10.0 Å². The summed E-state index contributed by atoms with van der Waals surface area (Å²) >= 11 is 0. The molecule has 3 rings (SSSR count). The zero-order valence-corrected chi connectivity index (χ0v) is 18.9. The number of amides is 1. The van der Waals surface area contributed by atoms with Gasteiger partial charge >= 0.3 is 0 Å². The minimum absolute atomic E-state index is 0.0737. The van der Waals surface area contributed by atoms with Crippen molar-refractivity contribution in [3.63, 3.8) is 0 Å². The van der Waals surface area contributed by atoms with Gasteiger partial charge in [0, 0.05) is 12.0 Å². The minimum atomic E-state index is -3.87. The van der Waals surface area contributed by atoms with Crippen molar-refractivity contribution >= 4 is 27.3 Å². The van der Waals surface area contributed by atoms with Crippen molar-refractivity contribution in [2.45, 2.75) is 32.1 Å². The van der Waals surface area contributed by atoms with E-state index in [0.717, 1.165) is 5.56 Å². The van der Waals surface area contributed by atoms with Gasteiger partial charge in [0.1, 0.15) is 4.90 Å². The first-order valence-electron chi connectivity index (χ1n) is 10.3. The van der Waals surface area contributed by atoms with E-state index in [1.807, 2.05) is 50.2 Å². The summed E-state index contributed by atoms with van der Waals surface area (Å²) in [4.78, 5) is 13.2. The summed E-state index contributed by atoms with van der Waals surface area (Å²) in [6, 6.07) is 25.3. The summed E-state index contributed by atoms with van der Waals surface area (Å²) in [6.07, 6.45) is 0.541. The summed E-state index contributed by atoms with van der Waals surface area (Å²) in [7, 11) is -3.87. The van der Waals surface area contributed by atoms with Crippen LogP contribution in [-0.2, 0) is 21.2 Å². The molecule has 3 aromatic carbocycles. The topological polar surface area (TPSA) is 66.5 Å². The molecule has 0 aliphatic heterocycles. The Kier molecular flexibility index (Phi) is 6.81. The Balaban J connectivity index is 1.90. The first-order chi connectivity index (χ1) is 14.8. The second kappa shape index (κ2) is 9.35. The average molecular weight is 437 g/mol. The molecule has 0 aliphatic carbocycles. The van der Waals surface area contributed by atoms with Crippen LogP contribution in [0.4, 0.5) is 11.4 Å². The zero-order chi connectivity index (χ0) is 22.5. The Morgan fingerprint density at radius 2 is 1.42 bits per heavy atom. The molecule has 0 aromatic heterocycles. The van der Waals surface area contributed by atoms with E-state index in [4.69, 9.17) is 0 Å². The lowest BCUT2D eigenvalue weighted by Gasteiger charge is -2.26. The van der Waals surface area contributed by atoms with Crippen LogP contribution in [0.3, 0.4) is 0 Å². The third-order valence-electron chi connectivity index (χ3n) is 5.14. The summed E-state index contributed by atoms with van der Waals surface area (Å²) in [5.74, 6) is -0.234. The summed E-state index contributed by atoms with van der Waals surface area (Å²) < 4.78 is 28.3. The second-order valence-corrected chi connectivity index (χ2v) is 9.83. The number of hydrogen-bond donors (Lipinski definition) is 1. The molecular weight excluding hydrogens is 408 g/mol. The number of hydrogen-bond acceptors (Lipinski definition) is 3. The molecule has 0 spiro atoms. The van der Waals surface area contributed by atoms with Gasteiger partial charge in [-0.2, -0.15) is 0 Å². The van der Waals surface area contributed by atoms with Crippen LogP contribution >= 0.6 is 0 Å². The van der Waals surface area contributed by atoms with Crippen molar-refractivity contribution in [3.05, 3.63) is 90.5 Å². The average Bonchev–Trinajstić information content (AvgIpc) is 2.75. The van der Waals surface area contributed by atoms with Gasteiger partial charge in [-0.25, -0.2) is 8.42 Å². The maximum absolute atomic E-state index is 13.5. The van der Waals surface area contributed by atoms with Crippen LogP contribution in [0.25, 0.3) is 0 Å². The third kappa shape index (κ3) is 5.14. The van der Waals surface area contributed by atoms with Crippen LogP contribution in [0.1, 0.15) is 26.3 Å². The maximum Gasteiger partial charge on any atom is 0.266 e. The second-order valence-electron chi connectivity index (χ2n) is 8.00. The molecular formula is C25H28N2O3S. The quantitative estimate of drug-likeness (QED) is 0.534. The molecule has 0 aliphatic rings. The summed E-state index contributed by atoms with van der Waals surface area (Å²) in [5.41, 5.74) is 1.19. The van der Waals surface area contributed by atoms with E-state index in [0.29, 0.717) is 12.1 Å². The minimum Gasteiger partial charge on any atom is -0.324 e. The molecule has 3 aromatic rings. The molecule has 0 saturated heterocycles. The number of benzene rings is 3. The van der Waals surface area contributed by atoms with E-state index >= 15 is 0 Å². The molecule has 0 heterocycles. The molecule has 162 valence electrons. The van der Waals surface area contributed by atoms with Crippen LogP contribution in [-0.4, -0.2) is 20.9 Å². The lowest BCUT2D eigenvalue weighted by molar-refractivity contribution is -0.123. The van der Waals surface area contributed by atoms with Crippen molar-refractivity contribution < 1.29 is 13.2 Å². The maximum atomic E-state index is 13.5. The Hall–Kier alpha value is -3.12. The van der Waals surface area contributed by atoms with E-state index in [2.05, 4.69) is 5.32 Å². The molecule has 0 fully saturated rings. The van der Waals surface area contributed by atoms with Crippen LogP contribution < -0.4 is 9.62 Å². The van der Waals surface area contributed by atoms with Crippen LogP contribution in [0, 0.1) is 5.41 Å². The molecule has 31 heavy (non-hydrogen) atoms. The smallest absolute Gasteiger partial charge is 0.266 e. The van der Waals surface area contributed by atoms with Crippen molar-refractivity contribution in [2.24, 2.45) is 5.41 Å². The SMILES string of the molecule is CCN(c1ccccc1)S(=O)(=O)c1ccccc1NC(=O)C(C)(C)Cc1ccccc1. The van der Waals surface area contributed by atoms with E-state index < -0.39 is 15.4 Å². The predicted octanol–water partition coefficient (Wildman–Crippen LogP) is 5.11. The molecule has 1 amide bonds. The fourth-order valence-corrected chi connectivity index (χ4v) is 5.10. The number of sulfonamides is 1. The van der Waals surface area contributed by atoms with Gasteiger partial charge in [-0.05, 0) is 43.2 Å². The van der Waals surface area contributed by atoms with Crippen LogP contribution in [0.15, 0.2) is 89.8 Å². The Bertz CT molecular complexity index is 1130. The number of carbonyl (C=O) groups excluding carboxylic acids is 1. The first-order valence-corrected chi connectivity index (χ1v) is 11.7. The molecule has 1 N–H and O–H groups in total. The standard InChI is InChI=1S/C25H28N2O3S/c1-4-27(21-15-9-6-10-16-21)31(29,30)23-18-12-11-17-22(23)26-24(28)25(2,3)19-20-13-7-5-8-14-20/h5-18H,4,19H2,1-3H3,(H,26,28). The summed E-state index contributed by atoms with van der Waals surface area (Å²) in [6.45, 7) is 5.77. The number of nitrogens with one attached hydrogen (secondary N) is 1. The van der Waals surface area contributed by atoms with E-state index in [9.17, 15) is 13.2 Å². The van der Waals surface area contributed by atoms with Crippen molar-refractivity contribution in [3.8, 4) is 0 Å². The van der Waals surface area contributed by atoms with Crippen molar-refractivity contribution in [1.82, 2.24) is 0 Å². The molecule has 0 atom stereocenters. The number of rotatable bonds is 8. The molecule has 0 unspecified atom stereocenters. The lowest BCUT2D eigenvalue weighted by atomic mass is 9.84. The normalized spacial score (nSPS) is 11.7.